The molecule has 1 rings (SSSR count). The molecule has 0 unspecified atom stereocenters. The quantitative estimate of drug-likeness (QED) is 0.573. The van der Waals surface area contributed by atoms with Crippen molar-refractivity contribution in [2.75, 3.05) is 13.1 Å². The molecule has 0 fully saturated rings. The smallest absolute Gasteiger partial charge is 0.336 e. The van der Waals surface area contributed by atoms with E-state index in [1.807, 2.05) is 0 Å². The number of hydrogen-bond donors (Lipinski definition) is 4. The Bertz CT molecular complexity index is 370. The van der Waals surface area contributed by atoms with E-state index in [1.54, 1.807) is 0 Å². The summed E-state index contributed by atoms with van der Waals surface area (Å²) in [7, 11) is 0. The molecular formula is C13H20N2O4. The molecule has 1 aromatic rings. The van der Waals surface area contributed by atoms with Crippen LogP contribution in [0.15, 0.2) is 24.3 Å². The maximum absolute atomic E-state index is 10.5. The summed E-state index contributed by atoms with van der Waals surface area (Å²) in [5.74, 6) is -2.46. The zero-order chi connectivity index (χ0) is 14.7. The van der Waals surface area contributed by atoms with E-state index in [0.717, 1.165) is 25.9 Å². The minimum atomic E-state index is -1.23. The average molecular weight is 268 g/mol. The van der Waals surface area contributed by atoms with E-state index in [9.17, 15) is 9.59 Å². The van der Waals surface area contributed by atoms with E-state index in [1.165, 1.54) is 30.7 Å². The summed E-state index contributed by atoms with van der Waals surface area (Å²) in [5, 5.41) is 17.1. The van der Waals surface area contributed by atoms with Gasteiger partial charge in [0.25, 0.3) is 0 Å². The lowest BCUT2D eigenvalue weighted by Gasteiger charge is -1.98. The lowest BCUT2D eigenvalue weighted by Crippen LogP contribution is -2.06. The average Bonchev–Trinajstić information content (AvgIpc) is 2.40. The molecule has 0 atom stereocenters. The van der Waals surface area contributed by atoms with Gasteiger partial charge in [-0.3, -0.25) is 0 Å². The molecular weight excluding hydrogens is 248 g/mol. The number of benzene rings is 1. The molecule has 106 valence electrons. The molecule has 0 aliphatic carbocycles. The van der Waals surface area contributed by atoms with E-state index in [0.29, 0.717) is 0 Å². The van der Waals surface area contributed by atoms with Crippen LogP contribution in [0.3, 0.4) is 0 Å². The van der Waals surface area contributed by atoms with Gasteiger partial charge in [-0.2, -0.15) is 0 Å². The van der Waals surface area contributed by atoms with E-state index >= 15 is 0 Å². The number of unbranched alkanes of at least 4 members (excludes halogenated alkanes) is 2. The van der Waals surface area contributed by atoms with Crippen LogP contribution in [-0.2, 0) is 0 Å². The van der Waals surface area contributed by atoms with Gasteiger partial charge in [-0.25, -0.2) is 9.59 Å². The molecule has 0 aliphatic heterocycles. The number of carboxylic acid groups (broad SMARTS) is 2. The molecule has 0 aromatic heterocycles. The van der Waals surface area contributed by atoms with Gasteiger partial charge in [0.2, 0.25) is 0 Å². The molecule has 0 saturated carbocycles. The lowest BCUT2D eigenvalue weighted by molar-refractivity contribution is 0.0651. The van der Waals surface area contributed by atoms with Crippen molar-refractivity contribution in [2.24, 2.45) is 11.5 Å². The van der Waals surface area contributed by atoms with Crippen LogP contribution in [0.2, 0.25) is 0 Å². The van der Waals surface area contributed by atoms with E-state index < -0.39 is 11.9 Å². The summed E-state index contributed by atoms with van der Waals surface area (Å²) >= 11 is 0. The molecule has 0 heterocycles. The third-order valence-electron chi connectivity index (χ3n) is 2.30. The van der Waals surface area contributed by atoms with Gasteiger partial charge < -0.3 is 21.7 Å². The zero-order valence-electron chi connectivity index (χ0n) is 10.7. The second-order valence-electron chi connectivity index (χ2n) is 3.79. The summed E-state index contributed by atoms with van der Waals surface area (Å²) in [6.45, 7) is 1.61. The molecule has 1 aromatic carbocycles. The SMILES string of the molecule is NCCCCCN.O=C(O)c1ccccc1C(=O)O. The van der Waals surface area contributed by atoms with Gasteiger partial charge in [0, 0.05) is 0 Å². The highest BCUT2D eigenvalue weighted by Crippen LogP contribution is 2.07. The molecule has 0 spiro atoms. The van der Waals surface area contributed by atoms with Crippen LogP contribution < -0.4 is 11.5 Å². The normalized spacial score (nSPS) is 9.37. The third kappa shape index (κ3) is 7.17. The number of hydrogen-bond acceptors (Lipinski definition) is 4. The lowest BCUT2D eigenvalue weighted by atomic mass is 10.1. The fourth-order valence-electron chi connectivity index (χ4n) is 1.32. The number of aromatic carboxylic acids is 2. The summed E-state index contributed by atoms with van der Waals surface area (Å²) in [6.07, 6.45) is 3.43. The largest absolute Gasteiger partial charge is 0.478 e. The predicted octanol–water partition coefficient (Wildman–Crippen LogP) is 1.16. The highest BCUT2D eigenvalue weighted by atomic mass is 16.4. The Kier molecular flexibility index (Phi) is 9.03. The number of carboxylic acids is 2. The maximum atomic E-state index is 10.5. The summed E-state index contributed by atoms with van der Waals surface area (Å²) in [4.78, 5) is 20.9. The Morgan fingerprint density at radius 2 is 1.21 bits per heavy atom. The fourth-order valence-corrected chi connectivity index (χ4v) is 1.32. The fraction of sp³-hybridized carbons (Fsp3) is 0.385. The molecule has 0 saturated heterocycles. The molecule has 6 nitrogen and oxygen atoms in total. The number of carbonyl (C=O) groups is 2. The number of rotatable bonds is 6. The summed E-state index contributed by atoms with van der Waals surface area (Å²) in [5.41, 5.74) is 10.1. The van der Waals surface area contributed by atoms with Gasteiger partial charge in [-0.05, 0) is 38.1 Å². The van der Waals surface area contributed by atoms with Crippen molar-refractivity contribution < 1.29 is 19.8 Å². The van der Waals surface area contributed by atoms with Crippen molar-refractivity contribution in [3.63, 3.8) is 0 Å². The first-order chi connectivity index (χ1) is 9.04. The van der Waals surface area contributed by atoms with Crippen molar-refractivity contribution in [3.8, 4) is 0 Å². The zero-order valence-corrected chi connectivity index (χ0v) is 10.7. The van der Waals surface area contributed by atoms with Crippen molar-refractivity contribution in [2.45, 2.75) is 19.3 Å². The van der Waals surface area contributed by atoms with Gasteiger partial charge in [-0.15, -0.1) is 0 Å². The van der Waals surface area contributed by atoms with Gasteiger partial charge in [0.05, 0.1) is 11.1 Å². The summed E-state index contributed by atoms with van der Waals surface area (Å²) < 4.78 is 0. The highest BCUT2D eigenvalue weighted by Gasteiger charge is 2.13. The minimum absolute atomic E-state index is 0.190. The molecule has 0 bridgehead atoms. The minimum Gasteiger partial charge on any atom is -0.478 e. The van der Waals surface area contributed by atoms with Crippen LogP contribution in [0.4, 0.5) is 0 Å². The van der Waals surface area contributed by atoms with Crippen LogP contribution in [0.1, 0.15) is 40.0 Å². The predicted molar refractivity (Wildman–Crippen MR) is 72.3 cm³/mol. The van der Waals surface area contributed by atoms with E-state index in [2.05, 4.69) is 0 Å². The van der Waals surface area contributed by atoms with Gasteiger partial charge in [0.15, 0.2) is 0 Å². The van der Waals surface area contributed by atoms with Gasteiger partial charge in [-0.1, -0.05) is 18.6 Å². The van der Waals surface area contributed by atoms with Crippen molar-refractivity contribution in [3.05, 3.63) is 35.4 Å². The highest BCUT2D eigenvalue weighted by molar-refractivity contribution is 6.01. The van der Waals surface area contributed by atoms with E-state index in [4.69, 9.17) is 21.7 Å². The Labute approximate surface area is 112 Å². The van der Waals surface area contributed by atoms with Crippen LogP contribution in [0, 0.1) is 0 Å². The number of nitrogens with two attached hydrogens (primary N) is 2. The first kappa shape index (κ1) is 17.1. The molecule has 6 N–H and O–H groups in total. The van der Waals surface area contributed by atoms with Crippen LogP contribution >= 0.6 is 0 Å². The van der Waals surface area contributed by atoms with Crippen molar-refractivity contribution in [1.29, 1.82) is 0 Å². The van der Waals surface area contributed by atoms with Crippen LogP contribution in [0.5, 0.6) is 0 Å². The van der Waals surface area contributed by atoms with E-state index in [-0.39, 0.29) is 11.1 Å². The Hall–Kier alpha value is -1.92. The second kappa shape index (κ2) is 10.0. The van der Waals surface area contributed by atoms with Gasteiger partial charge >= 0.3 is 11.9 Å². The molecule has 0 aliphatic rings. The standard InChI is InChI=1S/C8H6O4.C5H14N2/c9-7(10)5-3-1-2-4-6(5)8(11)12;6-4-2-1-3-5-7/h1-4H,(H,9,10)(H,11,12);1-7H2. The van der Waals surface area contributed by atoms with Gasteiger partial charge in [0.1, 0.15) is 0 Å². The Morgan fingerprint density at radius 1 is 0.842 bits per heavy atom. The molecule has 19 heavy (non-hydrogen) atoms. The van der Waals surface area contributed by atoms with Crippen molar-refractivity contribution >= 4 is 11.9 Å². The van der Waals surface area contributed by atoms with Crippen LogP contribution in [-0.4, -0.2) is 35.2 Å². The monoisotopic (exact) mass is 268 g/mol. The van der Waals surface area contributed by atoms with Crippen LogP contribution in [0.25, 0.3) is 0 Å². The van der Waals surface area contributed by atoms with Crippen molar-refractivity contribution in [1.82, 2.24) is 0 Å². The first-order valence-corrected chi connectivity index (χ1v) is 6.00. The Morgan fingerprint density at radius 3 is 1.47 bits per heavy atom. The second-order valence-corrected chi connectivity index (χ2v) is 3.79. The molecule has 0 radical (unpaired) electrons. The topological polar surface area (TPSA) is 127 Å². The Balaban J connectivity index is 0.000000399. The summed E-state index contributed by atoms with van der Waals surface area (Å²) in [6, 6.07) is 5.48. The maximum Gasteiger partial charge on any atom is 0.336 e. The molecule has 6 heteroatoms. The molecule has 0 amide bonds. The first-order valence-electron chi connectivity index (χ1n) is 6.00. The third-order valence-corrected chi connectivity index (χ3v) is 2.30.